The number of para-hydroxylation sites is 2. The molecule has 0 radical (unpaired) electrons. The number of hydrogen-bond acceptors (Lipinski definition) is 0. The van der Waals surface area contributed by atoms with Crippen molar-refractivity contribution < 1.29 is 0 Å². The van der Waals surface area contributed by atoms with Gasteiger partial charge < -0.3 is 4.57 Å². The molecule has 0 aliphatic carbocycles. The topological polar surface area (TPSA) is 4.93 Å². The highest BCUT2D eigenvalue weighted by molar-refractivity contribution is 9.11. The highest BCUT2D eigenvalue weighted by Gasteiger charge is 2.13. The van der Waals surface area contributed by atoms with Crippen LogP contribution in [0, 0.1) is 0 Å². The van der Waals surface area contributed by atoms with E-state index in [1.54, 1.807) is 0 Å². The molecule has 0 unspecified atom stereocenters. The molecule has 0 saturated heterocycles. The Morgan fingerprint density at radius 3 is 1.73 bits per heavy atom. The first-order valence-electron chi connectivity index (χ1n) is 10.8. The Balaban J connectivity index is 1.47. The summed E-state index contributed by atoms with van der Waals surface area (Å²) in [6, 6.07) is 41.2. The molecule has 0 fully saturated rings. The first-order valence-corrected chi connectivity index (χ1v) is 12.4. The van der Waals surface area contributed by atoms with E-state index in [0.29, 0.717) is 0 Å². The molecule has 158 valence electrons. The second-order valence-corrected chi connectivity index (χ2v) is 9.99. The molecule has 0 amide bonds. The molecule has 0 N–H and O–H groups in total. The van der Waals surface area contributed by atoms with E-state index in [9.17, 15) is 0 Å². The molecule has 0 bridgehead atoms. The average molecular weight is 553 g/mol. The van der Waals surface area contributed by atoms with Gasteiger partial charge in [-0.1, -0.05) is 98.6 Å². The summed E-state index contributed by atoms with van der Waals surface area (Å²) in [6.07, 6.45) is 0. The Labute approximate surface area is 209 Å². The summed E-state index contributed by atoms with van der Waals surface area (Å²) in [5.74, 6) is 0. The lowest BCUT2D eigenvalue weighted by molar-refractivity contribution is 1.18. The van der Waals surface area contributed by atoms with Crippen LogP contribution in [-0.4, -0.2) is 4.57 Å². The van der Waals surface area contributed by atoms with Crippen LogP contribution in [0.5, 0.6) is 0 Å². The number of hydrogen-bond donors (Lipinski definition) is 0. The van der Waals surface area contributed by atoms with Crippen LogP contribution < -0.4 is 0 Å². The normalized spacial score (nSPS) is 11.3. The van der Waals surface area contributed by atoms with Gasteiger partial charge >= 0.3 is 0 Å². The summed E-state index contributed by atoms with van der Waals surface area (Å²) in [7, 11) is 0. The lowest BCUT2D eigenvalue weighted by atomic mass is 9.99. The third kappa shape index (κ3) is 3.72. The van der Waals surface area contributed by atoms with Crippen molar-refractivity contribution >= 4 is 53.7 Å². The highest BCUT2D eigenvalue weighted by atomic mass is 79.9. The van der Waals surface area contributed by atoms with Crippen LogP contribution in [0.2, 0.25) is 0 Å². The fourth-order valence-corrected chi connectivity index (χ4v) is 5.88. The molecule has 1 heterocycles. The number of nitrogens with zero attached hydrogens (tertiary/aromatic N) is 1. The van der Waals surface area contributed by atoms with Gasteiger partial charge in [0.15, 0.2) is 0 Å². The minimum absolute atomic E-state index is 1.07. The summed E-state index contributed by atoms with van der Waals surface area (Å²) in [5.41, 5.74) is 8.45. The molecule has 5 aromatic carbocycles. The zero-order valence-electron chi connectivity index (χ0n) is 17.7. The van der Waals surface area contributed by atoms with Crippen LogP contribution in [0.1, 0.15) is 0 Å². The van der Waals surface area contributed by atoms with E-state index in [2.05, 4.69) is 152 Å². The van der Waals surface area contributed by atoms with Gasteiger partial charge in [-0.25, -0.2) is 0 Å². The molecular formula is C30H19Br2N. The third-order valence-corrected chi connectivity index (χ3v) is 7.02. The number of halogens is 2. The summed E-state index contributed by atoms with van der Waals surface area (Å²) >= 11 is 7.18. The Morgan fingerprint density at radius 1 is 0.424 bits per heavy atom. The Bertz CT molecular complexity index is 1590. The van der Waals surface area contributed by atoms with E-state index >= 15 is 0 Å². The molecule has 0 aliphatic heterocycles. The van der Waals surface area contributed by atoms with Gasteiger partial charge in [0.25, 0.3) is 0 Å². The van der Waals surface area contributed by atoms with Crippen LogP contribution in [0.15, 0.2) is 124 Å². The van der Waals surface area contributed by atoms with E-state index in [4.69, 9.17) is 0 Å². The number of benzene rings is 5. The molecular weight excluding hydrogens is 534 g/mol. The van der Waals surface area contributed by atoms with Crippen LogP contribution in [0.4, 0.5) is 0 Å². The highest BCUT2D eigenvalue weighted by Crippen LogP contribution is 2.35. The van der Waals surface area contributed by atoms with Crippen LogP contribution >= 0.6 is 31.9 Å². The van der Waals surface area contributed by atoms with Gasteiger partial charge in [-0.15, -0.1) is 0 Å². The molecule has 6 rings (SSSR count). The van der Waals surface area contributed by atoms with Gasteiger partial charge in [0.05, 0.1) is 11.0 Å². The Morgan fingerprint density at radius 2 is 1.00 bits per heavy atom. The first-order chi connectivity index (χ1) is 16.2. The van der Waals surface area contributed by atoms with E-state index < -0.39 is 0 Å². The van der Waals surface area contributed by atoms with Gasteiger partial charge in [0.1, 0.15) is 0 Å². The number of fused-ring (bicyclic) bond motifs is 3. The molecule has 0 saturated carbocycles. The third-order valence-electron chi connectivity index (χ3n) is 6.10. The SMILES string of the molecule is Brc1cc(Br)cc(-c2ccc(-c3ccc4c(c3)c3ccccc3n4-c3ccccc3)cc2)c1. The lowest BCUT2D eigenvalue weighted by Crippen LogP contribution is -1.92. The molecule has 3 heteroatoms. The number of aromatic nitrogens is 1. The minimum Gasteiger partial charge on any atom is -0.309 e. The van der Waals surface area contributed by atoms with Crippen molar-refractivity contribution in [2.24, 2.45) is 0 Å². The molecule has 0 aliphatic rings. The smallest absolute Gasteiger partial charge is 0.0541 e. The summed E-state index contributed by atoms with van der Waals surface area (Å²) in [6.45, 7) is 0. The van der Waals surface area contributed by atoms with Crippen LogP contribution in [0.3, 0.4) is 0 Å². The van der Waals surface area contributed by atoms with Crippen LogP contribution in [0.25, 0.3) is 49.7 Å². The van der Waals surface area contributed by atoms with Crippen molar-refractivity contribution in [3.63, 3.8) is 0 Å². The average Bonchev–Trinajstić information content (AvgIpc) is 3.18. The van der Waals surface area contributed by atoms with Crippen molar-refractivity contribution in [3.8, 4) is 27.9 Å². The van der Waals surface area contributed by atoms with Gasteiger partial charge in [-0.05, 0) is 70.8 Å². The molecule has 1 aromatic heterocycles. The monoisotopic (exact) mass is 551 g/mol. The second-order valence-electron chi connectivity index (χ2n) is 8.16. The van der Waals surface area contributed by atoms with Crippen molar-refractivity contribution in [1.29, 1.82) is 0 Å². The van der Waals surface area contributed by atoms with E-state index in [1.807, 2.05) is 0 Å². The maximum absolute atomic E-state index is 3.59. The molecule has 33 heavy (non-hydrogen) atoms. The predicted octanol–water partition coefficient (Wildman–Crippen LogP) is 9.64. The molecule has 0 atom stereocenters. The first kappa shape index (κ1) is 20.5. The van der Waals surface area contributed by atoms with E-state index in [-0.39, 0.29) is 0 Å². The van der Waals surface area contributed by atoms with E-state index in [1.165, 1.54) is 49.7 Å². The summed E-state index contributed by atoms with van der Waals surface area (Å²) in [5, 5.41) is 2.54. The van der Waals surface area contributed by atoms with Crippen LogP contribution in [-0.2, 0) is 0 Å². The zero-order valence-corrected chi connectivity index (χ0v) is 20.8. The van der Waals surface area contributed by atoms with Gasteiger partial charge in [0, 0.05) is 25.4 Å². The van der Waals surface area contributed by atoms with Crippen molar-refractivity contribution in [1.82, 2.24) is 4.57 Å². The Hall–Kier alpha value is -3.14. The standard InChI is InChI=1S/C30H19Br2N/c31-24-16-23(17-25(32)19-24)21-12-10-20(11-13-21)22-14-15-30-28(18-22)27-8-4-5-9-29(27)33(30)26-6-2-1-3-7-26/h1-19H. The molecule has 1 nitrogen and oxygen atoms in total. The van der Waals surface area contributed by atoms with Gasteiger partial charge in [-0.3, -0.25) is 0 Å². The van der Waals surface area contributed by atoms with E-state index in [0.717, 1.165) is 8.95 Å². The van der Waals surface area contributed by atoms with Crippen molar-refractivity contribution in [2.75, 3.05) is 0 Å². The van der Waals surface area contributed by atoms with Gasteiger partial charge in [0.2, 0.25) is 0 Å². The Kier molecular flexibility index (Phi) is 5.17. The minimum atomic E-state index is 1.07. The molecule has 0 spiro atoms. The predicted molar refractivity (Wildman–Crippen MR) is 147 cm³/mol. The fraction of sp³-hybridized carbons (Fsp3) is 0. The second kappa shape index (κ2) is 8.33. The summed E-state index contributed by atoms with van der Waals surface area (Å²) < 4.78 is 4.48. The lowest BCUT2D eigenvalue weighted by Gasteiger charge is -2.09. The maximum atomic E-state index is 3.59. The largest absolute Gasteiger partial charge is 0.309 e. The van der Waals surface area contributed by atoms with Crippen molar-refractivity contribution in [2.45, 2.75) is 0 Å². The molecule has 6 aromatic rings. The number of rotatable bonds is 3. The quantitative estimate of drug-likeness (QED) is 0.206. The summed E-state index contributed by atoms with van der Waals surface area (Å²) in [4.78, 5) is 0. The fourth-order valence-electron chi connectivity index (χ4n) is 4.58. The van der Waals surface area contributed by atoms with Crippen molar-refractivity contribution in [3.05, 3.63) is 124 Å². The van der Waals surface area contributed by atoms with Gasteiger partial charge in [-0.2, -0.15) is 0 Å². The zero-order chi connectivity index (χ0) is 22.4. The maximum Gasteiger partial charge on any atom is 0.0541 e.